The van der Waals surface area contributed by atoms with Gasteiger partial charge in [0.1, 0.15) is 0 Å². The van der Waals surface area contributed by atoms with Gasteiger partial charge in [-0.2, -0.15) is 0 Å². The Morgan fingerprint density at radius 2 is 0.753 bits per heavy atom. The second-order valence-electron chi connectivity index (χ2n) is 17.6. The minimum absolute atomic E-state index is 0.358. The summed E-state index contributed by atoms with van der Waals surface area (Å²) in [6.07, 6.45) is 12.5. The summed E-state index contributed by atoms with van der Waals surface area (Å²) < 4.78 is 9.29. The topological polar surface area (TPSA) is 218 Å². The largest absolute Gasteiger partial charge is 0.465 e. The first-order chi connectivity index (χ1) is 37.7. The number of rotatable bonds is 25. The van der Waals surface area contributed by atoms with E-state index in [2.05, 4.69) is 80.6 Å². The molecule has 0 aliphatic carbocycles. The number of esters is 2. The van der Waals surface area contributed by atoms with Crippen LogP contribution in [0.3, 0.4) is 0 Å². The number of aromatic nitrogens is 8. The predicted molar refractivity (Wildman–Crippen MR) is 295 cm³/mol. The van der Waals surface area contributed by atoms with Crippen LogP contribution in [-0.2, 0) is 60.6 Å². The zero-order valence-electron chi connectivity index (χ0n) is 43.3. The maximum absolute atomic E-state index is 11.8. The summed E-state index contributed by atoms with van der Waals surface area (Å²) in [7, 11) is 2.69. The summed E-state index contributed by atoms with van der Waals surface area (Å²) in [5.74, 6) is -0.783. The summed E-state index contributed by atoms with van der Waals surface area (Å²) in [5, 5.41) is 25.7. The molecule has 8 aromatic rings. The van der Waals surface area contributed by atoms with Crippen LogP contribution in [-0.4, -0.2) is 129 Å². The van der Waals surface area contributed by atoms with Crippen molar-refractivity contribution in [2.24, 2.45) is 0 Å². The normalized spacial score (nSPS) is 11.7. The fourth-order valence-electron chi connectivity index (χ4n) is 7.77. The van der Waals surface area contributed by atoms with Crippen LogP contribution in [0.1, 0.15) is 66.3 Å². The van der Waals surface area contributed by atoms with E-state index in [1.807, 2.05) is 109 Å². The van der Waals surface area contributed by atoms with Crippen molar-refractivity contribution in [3.05, 3.63) is 240 Å². The van der Waals surface area contributed by atoms with Crippen molar-refractivity contribution in [3.63, 3.8) is 0 Å². The van der Waals surface area contributed by atoms with E-state index in [4.69, 9.17) is 4.74 Å². The quantitative estimate of drug-likeness (QED) is 0.0391. The summed E-state index contributed by atoms with van der Waals surface area (Å²) in [4.78, 5) is 64.0. The van der Waals surface area contributed by atoms with E-state index in [0.717, 1.165) is 45.6 Å². The molecule has 0 spiro atoms. The number of halogens is 1. The van der Waals surface area contributed by atoms with Crippen LogP contribution in [0, 0.1) is 0 Å². The highest BCUT2D eigenvalue weighted by Gasteiger charge is 2.20. The fraction of sp³-hybridized carbons (Fsp3) is 0.276. The van der Waals surface area contributed by atoms with Crippen LogP contribution in [0.25, 0.3) is 0 Å². The van der Waals surface area contributed by atoms with Gasteiger partial charge in [0, 0.05) is 127 Å². The van der Waals surface area contributed by atoms with Gasteiger partial charge in [-0.1, -0.05) is 52.3 Å². The molecule has 0 radical (unpaired) electrons. The van der Waals surface area contributed by atoms with Crippen LogP contribution in [0.2, 0.25) is 0 Å². The number of aliphatic hydroxyl groups is 2. The molecular formula is C58H65BrN12O6. The van der Waals surface area contributed by atoms with Gasteiger partial charge in [-0.05, 0) is 97.1 Å². The average Bonchev–Trinajstić information content (AvgIpc) is 3.47. The lowest BCUT2D eigenvalue weighted by molar-refractivity contribution is 0.0590. The van der Waals surface area contributed by atoms with E-state index in [0.29, 0.717) is 88.4 Å². The lowest BCUT2D eigenvalue weighted by Gasteiger charge is -2.29. The third kappa shape index (κ3) is 22.2. The van der Waals surface area contributed by atoms with Gasteiger partial charge in [0.2, 0.25) is 0 Å². The Labute approximate surface area is 458 Å². The van der Waals surface area contributed by atoms with Gasteiger partial charge in [0.05, 0.1) is 83.1 Å². The van der Waals surface area contributed by atoms with E-state index in [-0.39, 0.29) is 5.97 Å². The molecule has 0 aliphatic rings. The molecule has 0 bridgehead atoms. The molecule has 0 aromatic carbocycles. The number of aliphatic hydroxyl groups excluding tert-OH is 2. The fourth-order valence-corrected chi connectivity index (χ4v) is 8.10. The van der Waals surface area contributed by atoms with E-state index >= 15 is 0 Å². The summed E-state index contributed by atoms with van der Waals surface area (Å²) >= 11 is 3.26. The molecular weight excluding hydrogens is 1040 g/mol. The number of ether oxygens (including phenoxy) is 2. The van der Waals surface area contributed by atoms with Gasteiger partial charge in [-0.15, -0.1) is 0 Å². The zero-order chi connectivity index (χ0) is 54.3. The number of nitrogens with one attached hydrogen (secondary N) is 1. The number of hydrogen-bond donors (Lipinski definition) is 3. The number of alkyl halides is 1. The third-order valence-electron chi connectivity index (χ3n) is 11.4. The molecule has 0 saturated carbocycles. The molecule has 77 heavy (non-hydrogen) atoms. The highest BCUT2D eigenvalue weighted by atomic mass is 79.9. The maximum atomic E-state index is 11.8. The molecule has 8 rings (SSSR count). The number of carbonyl (C=O) groups is 2. The second-order valence-corrected chi connectivity index (χ2v) is 18.1. The maximum Gasteiger partial charge on any atom is 0.339 e. The van der Waals surface area contributed by atoms with Gasteiger partial charge in [-0.25, -0.2) is 9.59 Å². The lowest BCUT2D eigenvalue weighted by Crippen LogP contribution is -2.40. The molecule has 0 fully saturated rings. The molecule has 8 aromatic heterocycles. The lowest BCUT2D eigenvalue weighted by atomic mass is 10.2. The van der Waals surface area contributed by atoms with Gasteiger partial charge < -0.3 is 25.0 Å². The van der Waals surface area contributed by atoms with Crippen LogP contribution in [0.4, 0.5) is 0 Å². The van der Waals surface area contributed by atoms with Crippen molar-refractivity contribution in [1.29, 1.82) is 0 Å². The summed E-state index contributed by atoms with van der Waals surface area (Å²) in [6, 6.07) is 42.0. The molecule has 2 unspecified atom stereocenters. The number of hydrogen-bond acceptors (Lipinski definition) is 18. The van der Waals surface area contributed by atoms with Gasteiger partial charge in [0.15, 0.2) is 0 Å². The first-order valence-corrected chi connectivity index (χ1v) is 26.0. The summed E-state index contributed by atoms with van der Waals surface area (Å²) in [5.41, 5.74) is 8.20. The van der Waals surface area contributed by atoms with E-state index < -0.39 is 18.2 Å². The van der Waals surface area contributed by atoms with Crippen molar-refractivity contribution < 1.29 is 29.3 Å². The molecule has 2 atom stereocenters. The van der Waals surface area contributed by atoms with Crippen molar-refractivity contribution in [3.8, 4) is 0 Å². The number of pyridine rings is 8. The van der Waals surface area contributed by atoms with Gasteiger partial charge >= 0.3 is 11.9 Å². The molecule has 3 N–H and O–H groups in total. The Kier molecular flexibility index (Phi) is 25.5. The SMILES string of the molecule is COC(=O)c1ccc(CBr)nc1.COC(=O)c1ccc(CN(Cc2ccccn2)CC(O)CN(Cc2ccccn2)Cc2ccccn2)nc1.OC(CNCc1ccccn1)CN(Cc1ccccn1)Cc1ccccn1. The van der Waals surface area contributed by atoms with Gasteiger partial charge in [0.25, 0.3) is 0 Å². The van der Waals surface area contributed by atoms with Crippen molar-refractivity contribution in [2.45, 2.75) is 63.4 Å². The van der Waals surface area contributed by atoms with Crippen molar-refractivity contribution >= 4 is 27.9 Å². The molecule has 400 valence electrons. The molecule has 18 nitrogen and oxygen atoms in total. The highest BCUT2D eigenvalue weighted by molar-refractivity contribution is 9.08. The standard InChI is InChI=1S/C29H32N6O3.C21H25N5O.C8H8BrNO2/c1-38-29(37)23-11-12-27(33-16-23)20-35(19-26-10-4-7-15-32-26)22-28(36)21-34(17-24-8-2-5-13-30-24)18-25-9-3-6-14-31-25;27-21(14-22-13-18-7-1-4-10-23-18)17-26(15-19-8-2-5-11-24-19)16-20-9-3-6-12-25-20;1-12-8(11)6-2-3-7(4-9)10-5-6/h2-16,28,36H,17-22H2,1H3;1-12,21-22,27H,13-17H2;2-3,5H,4H2,1H3. The smallest absolute Gasteiger partial charge is 0.339 e. The Bertz CT molecular complexity index is 2780. The van der Waals surface area contributed by atoms with E-state index in [1.165, 1.54) is 26.6 Å². The minimum Gasteiger partial charge on any atom is -0.465 e. The van der Waals surface area contributed by atoms with Crippen molar-refractivity contribution in [1.82, 2.24) is 59.9 Å². The Balaban J connectivity index is 0.000000213. The second kappa shape index (κ2) is 33.4. The highest BCUT2D eigenvalue weighted by Crippen LogP contribution is 2.14. The van der Waals surface area contributed by atoms with Gasteiger partial charge in [-0.3, -0.25) is 54.6 Å². The molecule has 8 heterocycles. The number of nitrogens with zero attached hydrogens (tertiary/aromatic N) is 11. The van der Waals surface area contributed by atoms with E-state index in [9.17, 15) is 19.8 Å². The van der Waals surface area contributed by atoms with E-state index in [1.54, 1.807) is 61.4 Å². The number of methoxy groups -OCH3 is 2. The van der Waals surface area contributed by atoms with Crippen LogP contribution in [0.5, 0.6) is 0 Å². The Morgan fingerprint density at radius 1 is 0.442 bits per heavy atom. The predicted octanol–water partition coefficient (Wildman–Crippen LogP) is 6.91. The summed E-state index contributed by atoms with van der Waals surface area (Å²) in [6.45, 7) is 6.02. The van der Waals surface area contributed by atoms with Crippen LogP contribution in [0.15, 0.2) is 183 Å². The zero-order valence-corrected chi connectivity index (χ0v) is 44.9. The third-order valence-corrected chi connectivity index (χ3v) is 12.0. The average molecular weight is 1110 g/mol. The first kappa shape index (κ1) is 58.6. The van der Waals surface area contributed by atoms with Crippen molar-refractivity contribution in [2.75, 3.05) is 40.4 Å². The Morgan fingerprint density at radius 3 is 1.04 bits per heavy atom. The first-order valence-electron chi connectivity index (χ1n) is 24.9. The number of carbonyl (C=O) groups excluding carboxylic acids is 2. The Hall–Kier alpha value is -7.62. The molecule has 0 aliphatic heterocycles. The minimum atomic E-state index is -0.652. The molecule has 0 saturated heterocycles. The molecule has 0 amide bonds. The monoisotopic (exact) mass is 1100 g/mol. The van der Waals surface area contributed by atoms with Crippen LogP contribution >= 0.6 is 15.9 Å². The van der Waals surface area contributed by atoms with Crippen LogP contribution < -0.4 is 5.32 Å². The molecule has 19 heteroatoms.